The van der Waals surface area contributed by atoms with Crippen molar-refractivity contribution >= 4 is 41.7 Å². The Bertz CT molecular complexity index is 1160. The SMILES string of the molecule is CCCC[C@H](NC=O)C(=O)N[C@@H](CC(C)C)C(=O)N[C@@H](Cc1ccccc1)C(=O)NCC(=O)NCC(=O)CC(CCCCN)C(N)=O. The standard InChI is InChI=1S/C33H53N7O7/c1-4-5-14-26(38-21-41)32(46)39-27(16-22(2)3)33(47)40-28(17-23-11-7-6-8-12-23)31(45)37-20-29(43)36-19-25(42)18-24(30(35)44)13-9-10-15-34/h6-8,11-12,21-22,24,26-28H,4-5,9-10,13-20,34H2,1-3H3,(H2,35,44)(H,36,43)(H,37,45)(H,38,41)(H,39,46)(H,40,47)/t24?,26-,27-,28-/m0/s1. The van der Waals surface area contributed by atoms with E-state index in [9.17, 15) is 33.6 Å². The average Bonchev–Trinajstić information content (AvgIpc) is 3.03. The van der Waals surface area contributed by atoms with Gasteiger partial charge in [0.2, 0.25) is 35.9 Å². The van der Waals surface area contributed by atoms with Crippen molar-refractivity contribution < 1.29 is 33.6 Å². The molecule has 262 valence electrons. The Labute approximate surface area is 277 Å². The van der Waals surface area contributed by atoms with Crippen molar-refractivity contribution in [1.29, 1.82) is 0 Å². The summed E-state index contributed by atoms with van der Waals surface area (Å²) in [4.78, 5) is 87.4. The molecule has 1 aromatic rings. The summed E-state index contributed by atoms with van der Waals surface area (Å²) < 4.78 is 0. The predicted octanol–water partition coefficient (Wildman–Crippen LogP) is -0.0283. The summed E-state index contributed by atoms with van der Waals surface area (Å²) >= 11 is 0. The van der Waals surface area contributed by atoms with Crippen molar-refractivity contribution in [2.45, 2.75) is 96.7 Å². The third-order valence-corrected chi connectivity index (χ3v) is 7.48. The van der Waals surface area contributed by atoms with E-state index in [0.717, 1.165) is 12.0 Å². The van der Waals surface area contributed by atoms with E-state index in [-0.39, 0.29) is 37.5 Å². The highest BCUT2D eigenvalue weighted by molar-refractivity contribution is 5.95. The lowest BCUT2D eigenvalue weighted by Crippen LogP contribution is -2.57. The van der Waals surface area contributed by atoms with Crippen LogP contribution in [0.25, 0.3) is 0 Å². The van der Waals surface area contributed by atoms with Gasteiger partial charge in [0.1, 0.15) is 18.1 Å². The van der Waals surface area contributed by atoms with Crippen LogP contribution in [0.15, 0.2) is 30.3 Å². The third-order valence-electron chi connectivity index (χ3n) is 7.48. The Balaban J connectivity index is 2.91. The third kappa shape index (κ3) is 17.2. The number of ketones is 1. The van der Waals surface area contributed by atoms with Gasteiger partial charge in [-0.25, -0.2) is 0 Å². The fourth-order valence-corrected chi connectivity index (χ4v) is 4.86. The molecule has 1 rings (SSSR count). The number of primary amides is 1. The van der Waals surface area contributed by atoms with E-state index < -0.39 is 60.1 Å². The second-order valence-corrected chi connectivity index (χ2v) is 12.0. The second kappa shape index (κ2) is 23.1. The summed E-state index contributed by atoms with van der Waals surface area (Å²) in [5.74, 6) is -3.99. The van der Waals surface area contributed by atoms with Gasteiger partial charge < -0.3 is 38.1 Å². The summed E-state index contributed by atoms with van der Waals surface area (Å²) in [5, 5.41) is 12.9. The first kappa shape index (κ1) is 40.7. The number of unbranched alkanes of at least 4 members (excludes halogenated alkanes) is 2. The van der Waals surface area contributed by atoms with Crippen LogP contribution in [0.5, 0.6) is 0 Å². The lowest BCUT2D eigenvalue weighted by atomic mass is 9.95. The summed E-state index contributed by atoms with van der Waals surface area (Å²) in [6, 6.07) is 6.08. The number of rotatable bonds is 25. The molecule has 0 fully saturated rings. The first-order chi connectivity index (χ1) is 22.4. The quantitative estimate of drug-likeness (QED) is 0.0555. The Morgan fingerprint density at radius 3 is 2.06 bits per heavy atom. The van der Waals surface area contributed by atoms with Crippen LogP contribution in [0.1, 0.15) is 77.7 Å². The molecule has 0 bridgehead atoms. The highest BCUT2D eigenvalue weighted by Gasteiger charge is 2.30. The zero-order chi connectivity index (χ0) is 35.2. The highest BCUT2D eigenvalue weighted by Crippen LogP contribution is 2.13. The second-order valence-electron chi connectivity index (χ2n) is 12.0. The maximum Gasteiger partial charge on any atom is 0.243 e. The molecule has 0 spiro atoms. The lowest BCUT2D eigenvalue weighted by Gasteiger charge is -2.26. The number of benzene rings is 1. The molecule has 6 amide bonds. The van der Waals surface area contributed by atoms with E-state index in [4.69, 9.17) is 11.5 Å². The zero-order valence-electron chi connectivity index (χ0n) is 27.8. The minimum atomic E-state index is -1.10. The minimum absolute atomic E-state index is 0.0103. The Kier molecular flexibility index (Phi) is 20.0. The van der Waals surface area contributed by atoms with Crippen LogP contribution in [0.2, 0.25) is 0 Å². The van der Waals surface area contributed by atoms with Crippen molar-refractivity contribution in [3.8, 4) is 0 Å². The molecule has 0 heterocycles. The molecule has 14 nitrogen and oxygen atoms in total. The molecule has 9 N–H and O–H groups in total. The van der Waals surface area contributed by atoms with Crippen LogP contribution in [0, 0.1) is 11.8 Å². The molecular weight excluding hydrogens is 606 g/mol. The van der Waals surface area contributed by atoms with Crippen molar-refractivity contribution in [3.63, 3.8) is 0 Å². The number of nitrogens with two attached hydrogens (primary N) is 2. The Hall–Kier alpha value is -4.33. The van der Waals surface area contributed by atoms with Gasteiger partial charge in [-0.15, -0.1) is 0 Å². The van der Waals surface area contributed by atoms with Crippen LogP contribution in [0.4, 0.5) is 0 Å². The van der Waals surface area contributed by atoms with E-state index in [1.807, 2.05) is 26.8 Å². The summed E-state index contributed by atoms with van der Waals surface area (Å²) in [6.45, 7) is 5.39. The molecule has 1 unspecified atom stereocenters. The zero-order valence-corrected chi connectivity index (χ0v) is 27.8. The van der Waals surface area contributed by atoms with Crippen molar-refractivity contribution in [3.05, 3.63) is 35.9 Å². The first-order valence-corrected chi connectivity index (χ1v) is 16.3. The lowest BCUT2D eigenvalue weighted by molar-refractivity contribution is -0.133. The normalized spacial score (nSPS) is 13.4. The summed E-state index contributed by atoms with van der Waals surface area (Å²) in [7, 11) is 0. The van der Waals surface area contributed by atoms with Gasteiger partial charge in [0.15, 0.2) is 5.78 Å². The smallest absolute Gasteiger partial charge is 0.243 e. The van der Waals surface area contributed by atoms with Crippen LogP contribution in [-0.4, -0.2) is 79.5 Å². The molecular formula is C33H53N7O7. The van der Waals surface area contributed by atoms with Crippen LogP contribution < -0.4 is 38.1 Å². The largest absolute Gasteiger partial charge is 0.369 e. The highest BCUT2D eigenvalue weighted by atomic mass is 16.2. The molecule has 14 heteroatoms. The minimum Gasteiger partial charge on any atom is -0.369 e. The van der Waals surface area contributed by atoms with Crippen molar-refractivity contribution in [2.75, 3.05) is 19.6 Å². The maximum absolute atomic E-state index is 13.5. The van der Waals surface area contributed by atoms with Crippen LogP contribution in [-0.2, 0) is 40.0 Å². The van der Waals surface area contributed by atoms with Crippen LogP contribution >= 0.6 is 0 Å². The molecule has 0 aliphatic carbocycles. The van der Waals surface area contributed by atoms with E-state index in [1.54, 1.807) is 24.3 Å². The van der Waals surface area contributed by atoms with E-state index in [2.05, 4.69) is 26.6 Å². The van der Waals surface area contributed by atoms with Gasteiger partial charge in [0, 0.05) is 18.8 Å². The van der Waals surface area contributed by atoms with Gasteiger partial charge in [0.05, 0.1) is 13.1 Å². The number of amides is 6. The number of Topliss-reactive ketones (excluding diaryl/α,β-unsaturated/α-hetero) is 1. The Morgan fingerprint density at radius 2 is 1.47 bits per heavy atom. The van der Waals surface area contributed by atoms with Gasteiger partial charge >= 0.3 is 0 Å². The summed E-state index contributed by atoms with van der Waals surface area (Å²) in [6.07, 6.45) is 4.41. The summed E-state index contributed by atoms with van der Waals surface area (Å²) in [5.41, 5.74) is 11.6. The first-order valence-electron chi connectivity index (χ1n) is 16.3. The maximum atomic E-state index is 13.5. The fraction of sp³-hybridized carbons (Fsp3) is 0.606. The van der Waals surface area contributed by atoms with Crippen molar-refractivity contribution in [2.24, 2.45) is 23.3 Å². The number of nitrogens with one attached hydrogen (secondary N) is 5. The molecule has 0 saturated carbocycles. The molecule has 0 saturated heterocycles. The van der Waals surface area contributed by atoms with Gasteiger partial charge in [-0.05, 0) is 43.7 Å². The predicted molar refractivity (Wildman–Crippen MR) is 177 cm³/mol. The molecule has 0 aromatic heterocycles. The monoisotopic (exact) mass is 659 g/mol. The van der Waals surface area contributed by atoms with Crippen molar-refractivity contribution in [1.82, 2.24) is 26.6 Å². The van der Waals surface area contributed by atoms with Crippen LogP contribution in [0.3, 0.4) is 0 Å². The molecule has 0 aliphatic rings. The van der Waals surface area contributed by atoms with Gasteiger partial charge in [-0.1, -0.05) is 70.4 Å². The van der Waals surface area contributed by atoms with E-state index in [1.165, 1.54) is 0 Å². The molecule has 4 atom stereocenters. The van der Waals surface area contributed by atoms with E-state index >= 15 is 0 Å². The fourth-order valence-electron chi connectivity index (χ4n) is 4.86. The average molecular weight is 660 g/mol. The Morgan fingerprint density at radius 1 is 0.809 bits per heavy atom. The van der Waals surface area contributed by atoms with Gasteiger partial charge in [-0.3, -0.25) is 33.6 Å². The number of hydrogen-bond donors (Lipinski definition) is 7. The molecule has 47 heavy (non-hydrogen) atoms. The topological polar surface area (TPSA) is 232 Å². The number of carbonyl (C=O) groups is 7. The number of carbonyl (C=O) groups excluding carboxylic acids is 7. The number of hydrogen-bond acceptors (Lipinski definition) is 8. The van der Waals surface area contributed by atoms with Gasteiger partial charge in [-0.2, -0.15) is 0 Å². The molecule has 1 aromatic carbocycles. The molecule has 0 radical (unpaired) electrons. The van der Waals surface area contributed by atoms with E-state index in [0.29, 0.717) is 45.1 Å². The molecule has 0 aliphatic heterocycles. The van der Waals surface area contributed by atoms with Gasteiger partial charge in [0.25, 0.3) is 0 Å².